The van der Waals surface area contributed by atoms with Gasteiger partial charge in [-0.1, -0.05) is 121 Å². The fourth-order valence-corrected chi connectivity index (χ4v) is 6.70. The molecule has 0 atom stereocenters. The Hall–Kier alpha value is -6.01. The normalized spacial score (nSPS) is 11.2. The second-order valence-electron chi connectivity index (χ2n) is 12.4. The van der Waals surface area contributed by atoms with Crippen molar-refractivity contribution in [3.63, 3.8) is 0 Å². The zero-order chi connectivity index (χ0) is 33.6. The molecule has 0 heterocycles. The lowest BCUT2D eigenvalue weighted by Crippen LogP contribution is -2.30. The Bertz CT molecular complexity index is 2240. The van der Waals surface area contributed by atoms with Gasteiger partial charge in [0, 0.05) is 19.6 Å². The molecule has 0 fully saturated rings. The molecule has 0 radical (unpaired) electrons. The van der Waals surface area contributed by atoms with Crippen LogP contribution >= 0.6 is 0 Å². The molecule has 242 valence electrons. The van der Waals surface area contributed by atoms with Crippen LogP contribution in [-0.2, 0) is 29.0 Å². The van der Waals surface area contributed by atoms with Gasteiger partial charge >= 0.3 is 0 Å². The lowest BCUT2D eigenvalue weighted by molar-refractivity contribution is -0.121. The lowest BCUT2D eigenvalue weighted by atomic mass is 9.96. The predicted octanol–water partition coefficient (Wildman–Crippen LogP) is 7.64. The molecule has 0 aliphatic carbocycles. The average molecular weight is 644 g/mol. The monoisotopic (exact) mass is 643 g/mol. The summed E-state index contributed by atoms with van der Waals surface area (Å²) >= 11 is 0. The van der Waals surface area contributed by atoms with Gasteiger partial charge in [-0.2, -0.15) is 0 Å². The van der Waals surface area contributed by atoms with Crippen molar-refractivity contribution in [3.8, 4) is 0 Å². The summed E-state index contributed by atoms with van der Waals surface area (Å²) < 4.78 is 0. The van der Waals surface area contributed by atoms with E-state index >= 15 is 0 Å². The molecule has 7 rings (SSSR count). The van der Waals surface area contributed by atoms with E-state index < -0.39 is 0 Å². The van der Waals surface area contributed by atoms with Crippen LogP contribution in [0.15, 0.2) is 133 Å². The summed E-state index contributed by atoms with van der Waals surface area (Å²) in [7, 11) is 0. The van der Waals surface area contributed by atoms with Crippen molar-refractivity contribution in [2.75, 3.05) is 13.1 Å². The molecule has 49 heavy (non-hydrogen) atoms. The van der Waals surface area contributed by atoms with Crippen molar-refractivity contribution in [1.82, 2.24) is 16.0 Å². The summed E-state index contributed by atoms with van der Waals surface area (Å²) in [5, 5.41) is 17.6. The highest BCUT2D eigenvalue weighted by Crippen LogP contribution is 2.29. The quantitative estimate of drug-likeness (QED) is 0.100. The van der Waals surface area contributed by atoms with Gasteiger partial charge in [-0.25, -0.2) is 0 Å². The van der Waals surface area contributed by atoms with E-state index in [4.69, 9.17) is 0 Å². The van der Waals surface area contributed by atoms with Crippen molar-refractivity contribution in [2.45, 2.75) is 25.8 Å². The van der Waals surface area contributed by atoms with Crippen LogP contribution in [0.25, 0.3) is 43.1 Å². The second-order valence-corrected chi connectivity index (χ2v) is 12.4. The van der Waals surface area contributed by atoms with Crippen molar-refractivity contribution in [3.05, 3.63) is 156 Å². The Morgan fingerprint density at radius 3 is 1.45 bits per heavy atom. The molecule has 3 N–H and O–H groups in total. The first-order chi connectivity index (χ1) is 24.0. The van der Waals surface area contributed by atoms with E-state index in [-0.39, 0.29) is 30.6 Å². The van der Waals surface area contributed by atoms with Crippen LogP contribution in [0.1, 0.15) is 33.5 Å². The molecule has 6 heteroatoms. The number of hydrogen-bond acceptors (Lipinski definition) is 3. The Morgan fingerprint density at radius 2 is 0.898 bits per heavy atom. The third-order valence-corrected chi connectivity index (χ3v) is 9.03. The van der Waals surface area contributed by atoms with E-state index in [9.17, 15) is 14.4 Å². The van der Waals surface area contributed by atoms with Crippen LogP contribution < -0.4 is 16.0 Å². The van der Waals surface area contributed by atoms with Gasteiger partial charge in [-0.15, -0.1) is 0 Å². The smallest absolute Gasteiger partial charge is 0.252 e. The first kappa shape index (κ1) is 31.6. The van der Waals surface area contributed by atoms with Gasteiger partial charge < -0.3 is 16.0 Å². The molecule has 0 aliphatic heterocycles. The maximum Gasteiger partial charge on any atom is 0.252 e. The van der Waals surface area contributed by atoms with E-state index in [0.717, 1.165) is 59.8 Å². The van der Waals surface area contributed by atoms with Gasteiger partial charge in [0.25, 0.3) is 5.91 Å². The molecule has 0 spiro atoms. The molecule has 6 nitrogen and oxygen atoms in total. The van der Waals surface area contributed by atoms with Crippen molar-refractivity contribution >= 4 is 60.8 Å². The highest BCUT2D eigenvalue weighted by atomic mass is 16.2. The third kappa shape index (κ3) is 7.14. The standard InChI is InChI=1S/C43H37N3O3/c47-40(44-21-10-22-45-43(49)42-37-19-7-3-15-33(37)27-34-16-4-8-20-38(34)42)24-29-11-9-12-30(23-29)25-41(48)46-28-39-35-17-5-1-13-31(35)26-32-14-2-6-18-36(32)39/h1-9,11-20,23,26-27H,10,21-22,24-25,28H2,(H,44,47)(H,45,49)(H,46,48). The van der Waals surface area contributed by atoms with Gasteiger partial charge in [0.2, 0.25) is 11.8 Å². The summed E-state index contributed by atoms with van der Waals surface area (Å²) in [6.45, 7) is 1.32. The van der Waals surface area contributed by atoms with Gasteiger partial charge in [0.05, 0.1) is 18.4 Å². The summed E-state index contributed by atoms with van der Waals surface area (Å²) in [6.07, 6.45) is 1.04. The van der Waals surface area contributed by atoms with Crippen LogP contribution in [-0.4, -0.2) is 30.8 Å². The highest BCUT2D eigenvalue weighted by molar-refractivity contribution is 6.18. The largest absolute Gasteiger partial charge is 0.356 e. The molecule has 3 amide bonds. The summed E-state index contributed by atoms with van der Waals surface area (Å²) in [5.74, 6) is -0.293. The molecule has 7 aromatic carbocycles. The number of carbonyl (C=O) groups is 3. The molecular weight excluding hydrogens is 606 g/mol. The minimum absolute atomic E-state index is 0.0721. The average Bonchev–Trinajstić information content (AvgIpc) is 3.12. The van der Waals surface area contributed by atoms with E-state index in [1.165, 1.54) is 0 Å². The van der Waals surface area contributed by atoms with Crippen LogP contribution in [0, 0.1) is 0 Å². The minimum Gasteiger partial charge on any atom is -0.356 e. The number of carbonyl (C=O) groups excluding carboxylic acids is 3. The summed E-state index contributed by atoms with van der Waals surface area (Å²) in [4.78, 5) is 39.1. The Labute approximate surface area is 285 Å². The molecule has 7 aromatic rings. The van der Waals surface area contributed by atoms with Gasteiger partial charge in [-0.05, 0) is 78.3 Å². The summed E-state index contributed by atoms with van der Waals surface area (Å²) in [5.41, 5.74) is 3.48. The fraction of sp³-hybridized carbons (Fsp3) is 0.140. The zero-order valence-corrected chi connectivity index (χ0v) is 27.2. The maximum absolute atomic E-state index is 13.3. The first-order valence-electron chi connectivity index (χ1n) is 16.7. The Morgan fingerprint density at radius 1 is 0.449 bits per heavy atom. The van der Waals surface area contributed by atoms with Crippen LogP contribution in [0.3, 0.4) is 0 Å². The van der Waals surface area contributed by atoms with Gasteiger partial charge in [0.1, 0.15) is 0 Å². The number of amides is 3. The third-order valence-electron chi connectivity index (χ3n) is 9.03. The van der Waals surface area contributed by atoms with Crippen LogP contribution in [0.5, 0.6) is 0 Å². The number of nitrogens with one attached hydrogen (secondary N) is 3. The van der Waals surface area contributed by atoms with Crippen molar-refractivity contribution < 1.29 is 14.4 Å². The van der Waals surface area contributed by atoms with Crippen LogP contribution in [0.2, 0.25) is 0 Å². The fourth-order valence-electron chi connectivity index (χ4n) is 6.70. The van der Waals surface area contributed by atoms with E-state index in [2.05, 4.69) is 52.3 Å². The number of rotatable bonds is 11. The molecule has 0 aromatic heterocycles. The number of fused-ring (bicyclic) bond motifs is 4. The lowest BCUT2D eigenvalue weighted by Gasteiger charge is -2.13. The first-order valence-corrected chi connectivity index (χ1v) is 16.7. The SMILES string of the molecule is O=C(Cc1cccc(CC(=O)NCc2c3ccccc3cc3ccccc23)c1)NCCCNC(=O)c1c2ccccc2cc2ccccc12. The minimum atomic E-state index is -0.120. The van der Waals surface area contributed by atoms with Crippen LogP contribution in [0.4, 0.5) is 0 Å². The Kier molecular flexibility index (Phi) is 9.28. The maximum atomic E-state index is 13.3. The molecular formula is C43H37N3O3. The number of hydrogen-bond donors (Lipinski definition) is 3. The van der Waals surface area contributed by atoms with Gasteiger partial charge in [-0.3, -0.25) is 14.4 Å². The van der Waals surface area contributed by atoms with Crippen molar-refractivity contribution in [1.29, 1.82) is 0 Å². The molecule has 0 unspecified atom stereocenters. The highest BCUT2D eigenvalue weighted by Gasteiger charge is 2.15. The summed E-state index contributed by atoms with van der Waals surface area (Å²) in [6, 6.07) is 44.3. The second kappa shape index (κ2) is 14.4. The molecule has 0 saturated heterocycles. The number of benzene rings is 7. The Balaban J connectivity index is 0.897. The molecule has 0 aliphatic rings. The van der Waals surface area contributed by atoms with E-state index in [0.29, 0.717) is 31.6 Å². The molecule has 0 bridgehead atoms. The van der Waals surface area contributed by atoms with Gasteiger partial charge in [0.15, 0.2) is 0 Å². The topological polar surface area (TPSA) is 87.3 Å². The molecule has 0 saturated carbocycles. The van der Waals surface area contributed by atoms with E-state index in [1.54, 1.807) is 0 Å². The van der Waals surface area contributed by atoms with E-state index in [1.807, 2.05) is 97.1 Å². The zero-order valence-electron chi connectivity index (χ0n) is 27.2. The predicted molar refractivity (Wildman–Crippen MR) is 199 cm³/mol. The van der Waals surface area contributed by atoms with Crippen molar-refractivity contribution in [2.24, 2.45) is 0 Å².